The maximum Gasteiger partial charge on any atom is 0.321 e. The highest BCUT2D eigenvalue weighted by Crippen LogP contribution is 2.22. The molecule has 5 nitrogen and oxygen atoms in total. The number of fused-ring (bicyclic) bond motifs is 1. The van der Waals surface area contributed by atoms with E-state index in [1.807, 2.05) is 36.4 Å². The molecule has 0 aliphatic heterocycles. The summed E-state index contributed by atoms with van der Waals surface area (Å²) in [5, 5.41) is 11.3. The molecule has 2 aromatic rings. The standard InChI is InChI=1S/C20H22O5/c1-20(2,3)17(21)12-25-19(24)16(18(22)23)11-14-9-6-8-13-7-4-5-10-15(13)14/h4-10,16H,11-12H2,1-3H3,(H,22,23). The van der Waals surface area contributed by atoms with E-state index in [2.05, 4.69) is 0 Å². The lowest BCUT2D eigenvalue weighted by Crippen LogP contribution is -2.32. The van der Waals surface area contributed by atoms with Crippen LogP contribution in [0.2, 0.25) is 0 Å². The molecular weight excluding hydrogens is 320 g/mol. The SMILES string of the molecule is CC(C)(C)C(=O)COC(=O)C(Cc1cccc2ccccc12)C(=O)O. The Bertz CT molecular complexity index is 796. The molecule has 1 N–H and O–H groups in total. The molecule has 2 aromatic carbocycles. The first-order chi connectivity index (χ1) is 11.7. The van der Waals surface area contributed by atoms with Gasteiger partial charge in [0.1, 0.15) is 0 Å². The molecule has 0 radical (unpaired) electrons. The Labute approximate surface area is 146 Å². The summed E-state index contributed by atoms with van der Waals surface area (Å²) in [7, 11) is 0. The van der Waals surface area contributed by atoms with Gasteiger partial charge in [0.25, 0.3) is 0 Å². The van der Waals surface area contributed by atoms with Gasteiger partial charge < -0.3 is 9.84 Å². The highest BCUT2D eigenvalue weighted by Gasteiger charge is 2.30. The van der Waals surface area contributed by atoms with Gasteiger partial charge in [0.2, 0.25) is 0 Å². The van der Waals surface area contributed by atoms with E-state index in [1.54, 1.807) is 26.8 Å². The second kappa shape index (κ2) is 7.47. The van der Waals surface area contributed by atoms with Gasteiger partial charge in [-0.1, -0.05) is 63.2 Å². The average Bonchev–Trinajstić information content (AvgIpc) is 2.56. The van der Waals surface area contributed by atoms with Crippen LogP contribution in [-0.2, 0) is 25.5 Å². The normalized spacial score (nSPS) is 12.6. The molecule has 0 saturated carbocycles. The van der Waals surface area contributed by atoms with Crippen LogP contribution < -0.4 is 0 Å². The Kier molecular flexibility index (Phi) is 5.57. The van der Waals surface area contributed by atoms with E-state index in [0.717, 1.165) is 16.3 Å². The number of ether oxygens (including phenoxy) is 1. The zero-order valence-electron chi connectivity index (χ0n) is 14.6. The maximum absolute atomic E-state index is 12.2. The Hall–Kier alpha value is -2.69. The summed E-state index contributed by atoms with van der Waals surface area (Å²) in [5.74, 6) is -3.76. The van der Waals surface area contributed by atoms with E-state index >= 15 is 0 Å². The van der Waals surface area contributed by atoms with Crippen molar-refractivity contribution in [3.63, 3.8) is 0 Å². The van der Waals surface area contributed by atoms with Gasteiger partial charge in [-0.15, -0.1) is 0 Å². The molecular formula is C20H22O5. The number of carboxylic acids is 1. The lowest BCUT2D eigenvalue weighted by molar-refractivity contribution is -0.161. The molecule has 5 heteroatoms. The molecule has 0 bridgehead atoms. The van der Waals surface area contributed by atoms with Crippen LogP contribution in [0.4, 0.5) is 0 Å². The molecule has 0 amide bonds. The van der Waals surface area contributed by atoms with Crippen molar-refractivity contribution in [2.75, 3.05) is 6.61 Å². The Morgan fingerprint density at radius 1 is 1.04 bits per heavy atom. The predicted molar refractivity (Wildman–Crippen MR) is 94.2 cm³/mol. The largest absolute Gasteiger partial charge is 0.481 e. The van der Waals surface area contributed by atoms with Gasteiger partial charge >= 0.3 is 11.9 Å². The molecule has 0 saturated heterocycles. The Morgan fingerprint density at radius 2 is 1.68 bits per heavy atom. The van der Waals surface area contributed by atoms with Gasteiger partial charge in [0.15, 0.2) is 18.3 Å². The summed E-state index contributed by atoms with van der Waals surface area (Å²) in [4.78, 5) is 35.6. The molecule has 1 unspecified atom stereocenters. The van der Waals surface area contributed by atoms with Gasteiger partial charge in [0, 0.05) is 5.41 Å². The third-order valence-electron chi connectivity index (χ3n) is 4.07. The topological polar surface area (TPSA) is 80.7 Å². The second-order valence-corrected chi connectivity index (χ2v) is 7.01. The molecule has 0 aliphatic carbocycles. The van der Waals surface area contributed by atoms with E-state index in [-0.39, 0.29) is 12.2 Å². The lowest BCUT2D eigenvalue weighted by atomic mass is 9.91. The van der Waals surface area contributed by atoms with Crippen LogP contribution in [0, 0.1) is 11.3 Å². The quantitative estimate of drug-likeness (QED) is 0.644. The smallest absolute Gasteiger partial charge is 0.321 e. The summed E-state index contributed by atoms with van der Waals surface area (Å²) in [6.45, 7) is 4.73. The number of Topliss-reactive ketones (excluding diaryl/α,β-unsaturated/α-hetero) is 1. The van der Waals surface area contributed by atoms with Gasteiger partial charge in [-0.3, -0.25) is 14.4 Å². The average molecular weight is 342 g/mol. The number of hydrogen-bond donors (Lipinski definition) is 1. The van der Waals surface area contributed by atoms with Crippen molar-refractivity contribution in [1.82, 2.24) is 0 Å². The first-order valence-corrected chi connectivity index (χ1v) is 8.09. The van der Waals surface area contributed by atoms with Crippen LogP contribution in [0.3, 0.4) is 0 Å². The monoisotopic (exact) mass is 342 g/mol. The number of hydrogen-bond acceptors (Lipinski definition) is 4. The third-order valence-corrected chi connectivity index (χ3v) is 4.07. The van der Waals surface area contributed by atoms with Crippen LogP contribution in [0.15, 0.2) is 42.5 Å². The zero-order valence-corrected chi connectivity index (χ0v) is 14.6. The van der Waals surface area contributed by atoms with Gasteiger partial charge in [-0.25, -0.2) is 0 Å². The molecule has 0 aromatic heterocycles. The zero-order chi connectivity index (χ0) is 18.6. The van der Waals surface area contributed by atoms with Crippen molar-refractivity contribution in [3.05, 3.63) is 48.0 Å². The molecule has 25 heavy (non-hydrogen) atoms. The van der Waals surface area contributed by atoms with Crippen molar-refractivity contribution in [2.45, 2.75) is 27.2 Å². The fourth-order valence-electron chi connectivity index (χ4n) is 2.42. The summed E-state index contributed by atoms with van der Waals surface area (Å²) < 4.78 is 4.97. The highest BCUT2D eigenvalue weighted by molar-refractivity contribution is 5.96. The first-order valence-electron chi connectivity index (χ1n) is 8.09. The molecule has 0 spiro atoms. The number of carboxylic acid groups (broad SMARTS) is 1. The van der Waals surface area contributed by atoms with E-state index in [4.69, 9.17) is 4.74 Å². The molecule has 0 fully saturated rings. The van der Waals surface area contributed by atoms with Crippen molar-refractivity contribution in [2.24, 2.45) is 11.3 Å². The maximum atomic E-state index is 12.2. The fraction of sp³-hybridized carbons (Fsp3) is 0.350. The number of benzene rings is 2. The molecule has 2 rings (SSSR count). The van der Waals surface area contributed by atoms with Gasteiger partial charge in [-0.05, 0) is 22.8 Å². The second-order valence-electron chi connectivity index (χ2n) is 7.01. The minimum absolute atomic E-state index is 0.0131. The summed E-state index contributed by atoms with van der Waals surface area (Å²) in [6, 6.07) is 13.1. The third kappa shape index (κ3) is 4.66. The Balaban J connectivity index is 2.16. The first kappa shape index (κ1) is 18.6. The van der Waals surface area contributed by atoms with E-state index in [9.17, 15) is 19.5 Å². The number of rotatable bonds is 6. The van der Waals surface area contributed by atoms with Crippen molar-refractivity contribution in [3.8, 4) is 0 Å². The van der Waals surface area contributed by atoms with Gasteiger partial charge in [-0.2, -0.15) is 0 Å². The van der Waals surface area contributed by atoms with Crippen LogP contribution in [0.5, 0.6) is 0 Å². The minimum Gasteiger partial charge on any atom is -0.481 e. The van der Waals surface area contributed by atoms with E-state index in [1.165, 1.54) is 0 Å². The summed E-state index contributed by atoms with van der Waals surface area (Å²) >= 11 is 0. The van der Waals surface area contributed by atoms with Gasteiger partial charge in [0.05, 0.1) is 0 Å². The number of esters is 1. The van der Waals surface area contributed by atoms with E-state index < -0.39 is 29.9 Å². The molecule has 0 aliphatic rings. The predicted octanol–water partition coefficient (Wildman–Crippen LogP) is 3.24. The fourth-order valence-corrected chi connectivity index (χ4v) is 2.42. The molecule has 132 valence electrons. The summed E-state index contributed by atoms with van der Waals surface area (Å²) in [5.41, 5.74) is 0.110. The number of carbonyl (C=O) groups excluding carboxylic acids is 2. The lowest BCUT2D eigenvalue weighted by Gasteiger charge is -2.18. The van der Waals surface area contributed by atoms with Crippen LogP contribution in [-0.4, -0.2) is 29.4 Å². The van der Waals surface area contributed by atoms with E-state index in [0.29, 0.717) is 0 Å². The van der Waals surface area contributed by atoms with Crippen molar-refractivity contribution in [1.29, 1.82) is 0 Å². The number of ketones is 1. The van der Waals surface area contributed by atoms with Crippen molar-refractivity contribution < 1.29 is 24.2 Å². The number of carbonyl (C=O) groups is 3. The minimum atomic E-state index is -1.35. The van der Waals surface area contributed by atoms with Crippen LogP contribution >= 0.6 is 0 Å². The molecule has 1 atom stereocenters. The molecule has 0 heterocycles. The van der Waals surface area contributed by atoms with Crippen molar-refractivity contribution >= 4 is 28.5 Å². The van der Waals surface area contributed by atoms with Crippen LogP contribution in [0.25, 0.3) is 10.8 Å². The highest BCUT2D eigenvalue weighted by atomic mass is 16.5. The number of aliphatic carboxylic acids is 1. The Morgan fingerprint density at radius 3 is 2.32 bits per heavy atom. The van der Waals surface area contributed by atoms with Crippen LogP contribution in [0.1, 0.15) is 26.3 Å². The summed E-state index contributed by atoms with van der Waals surface area (Å²) in [6.07, 6.45) is 0.0131.